The molecular formula is C12H23N3O5. The van der Waals surface area contributed by atoms with Crippen molar-refractivity contribution in [1.29, 1.82) is 0 Å². The number of nitrogens with one attached hydrogen (secondary N) is 2. The first-order valence-electron chi connectivity index (χ1n) is 6.50. The van der Waals surface area contributed by atoms with Crippen LogP contribution in [0.3, 0.4) is 0 Å². The van der Waals surface area contributed by atoms with Crippen molar-refractivity contribution in [2.45, 2.75) is 45.3 Å². The minimum absolute atomic E-state index is 0.177. The monoisotopic (exact) mass is 289 g/mol. The lowest BCUT2D eigenvalue weighted by atomic mass is 10.2. The Morgan fingerprint density at radius 2 is 1.90 bits per heavy atom. The lowest BCUT2D eigenvalue weighted by Crippen LogP contribution is -2.47. The van der Waals surface area contributed by atoms with Gasteiger partial charge in [0.05, 0.1) is 12.5 Å². The van der Waals surface area contributed by atoms with E-state index in [2.05, 4.69) is 10.6 Å². The van der Waals surface area contributed by atoms with Crippen molar-refractivity contribution < 1.29 is 24.2 Å². The fourth-order valence-corrected chi connectivity index (χ4v) is 1.36. The number of hydrogen-bond donors (Lipinski definition) is 4. The number of carbonyl (C=O) groups excluding carboxylic acids is 2. The number of nitrogens with two attached hydrogens (primary N) is 1. The highest BCUT2D eigenvalue weighted by atomic mass is 16.5. The molecule has 8 heteroatoms. The topological polar surface area (TPSA) is 131 Å². The molecule has 3 amide bonds. The predicted octanol–water partition coefficient (Wildman–Crippen LogP) is -0.181. The van der Waals surface area contributed by atoms with Crippen LogP contribution in [-0.2, 0) is 14.3 Å². The number of ether oxygens (including phenoxy) is 1. The van der Waals surface area contributed by atoms with Crippen molar-refractivity contribution in [1.82, 2.24) is 10.6 Å². The second kappa shape index (κ2) is 10.0. The number of primary amides is 1. The molecule has 0 aliphatic rings. The van der Waals surface area contributed by atoms with Crippen LogP contribution in [0.5, 0.6) is 0 Å². The molecular weight excluding hydrogens is 266 g/mol. The van der Waals surface area contributed by atoms with Gasteiger partial charge in [-0.2, -0.15) is 0 Å². The third kappa shape index (κ3) is 10.1. The Morgan fingerprint density at radius 1 is 1.25 bits per heavy atom. The molecule has 1 atom stereocenters. The molecule has 0 heterocycles. The summed E-state index contributed by atoms with van der Waals surface area (Å²) in [6.45, 7) is 4.89. The van der Waals surface area contributed by atoms with Crippen LogP contribution in [0, 0.1) is 0 Å². The molecule has 0 aromatic carbocycles. The summed E-state index contributed by atoms with van der Waals surface area (Å²) in [5, 5.41) is 13.5. The fraction of sp³-hybridized carbons (Fsp3) is 0.750. The number of amides is 3. The van der Waals surface area contributed by atoms with E-state index >= 15 is 0 Å². The summed E-state index contributed by atoms with van der Waals surface area (Å²) in [5.41, 5.74) is 4.90. The average Bonchev–Trinajstić information content (AvgIpc) is 2.31. The van der Waals surface area contributed by atoms with E-state index in [-0.39, 0.29) is 6.10 Å². The Labute approximate surface area is 118 Å². The predicted molar refractivity (Wildman–Crippen MR) is 72.1 cm³/mol. The Hall–Kier alpha value is -1.83. The SMILES string of the molecule is CC(C)OCCCCNC(=O)N[C@@H](CC(N)=O)C(=O)O. The summed E-state index contributed by atoms with van der Waals surface area (Å²) in [6, 6.07) is -1.94. The second-order valence-electron chi connectivity index (χ2n) is 4.59. The number of carboxylic acid groups (broad SMARTS) is 1. The van der Waals surface area contributed by atoms with E-state index < -0.39 is 30.4 Å². The molecule has 0 unspecified atom stereocenters. The first-order chi connectivity index (χ1) is 9.32. The van der Waals surface area contributed by atoms with Crippen molar-refractivity contribution in [2.75, 3.05) is 13.2 Å². The number of unbranched alkanes of at least 4 members (excludes halogenated alkanes) is 1. The molecule has 0 bridgehead atoms. The summed E-state index contributed by atoms with van der Waals surface area (Å²) in [5.74, 6) is -2.09. The van der Waals surface area contributed by atoms with Gasteiger partial charge in [0, 0.05) is 13.2 Å². The molecule has 0 aromatic rings. The standard InChI is InChI=1S/C12H23N3O5/c1-8(2)20-6-4-3-5-14-12(19)15-9(11(17)18)7-10(13)16/h8-9H,3-7H2,1-2H3,(H2,13,16)(H,17,18)(H2,14,15,19)/t9-/m0/s1. The van der Waals surface area contributed by atoms with Crippen molar-refractivity contribution in [3.05, 3.63) is 0 Å². The lowest BCUT2D eigenvalue weighted by molar-refractivity contribution is -0.140. The maximum Gasteiger partial charge on any atom is 0.326 e. The van der Waals surface area contributed by atoms with Crippen LogP contribution in [0.2, 0.25) is 0 Å². The van der Waals surface area contributed by atoms with E-state index in [4.69, 9.17) is 15.6 Å². The van der Waals surface area contributed by atoms with Crippen molar-refractivity contribution in [2.24, 2.45) is 5.73 Å². The van der Waals surface area contributed by atoms with Crippen LogP contribution in [-0.4, -0.2) is 48.3 Å². The first-order valence-corrected chi connectivity index (χ1v) is 6.50. The van der Waals surface area contributed by atoms with E-state index in [1.54, 1.807) is 0 Å². The molecule has 8 nitrogen and oxygen atoms in total. The Bertz CT molecular complexity index is 333. The molecule has 20 heavy (non-hydrogen) atoms. The highest BCUT2D eigenvalue weighted by molar-refractivity contribution is 5.87. The van der Waals surface area contributed by atoms with Gasteiger partial charge in [-0.15, -0.1) is 0 Å². The second-order valence-corrected chi connectivity index (χ2v) is 4.59. The number of rotatable bonds is 10. The zero-order chi connectivity index (χ0) is 15.5. The third-order valence-corrected chi connectivity index (χ3v) is 2.32. The number of carboxylic acids is 1. The van der Waals surface area contributed by atoms with E-state index in [9.17, 15) is 14.4 Å². The van der Waals surface area contributed by atoms with Crippen LogP contribution in [0.4, 0.5) is 4.79 Å². The average molecular weight is 289 g/mol. The zero-order valence-electron chi connectivity index (χ0n) is 11.8. The molecule has 5 N–H and O–H groups in total. The van der Waals surface area contributed by atoms with Crippen LogP contribution in [0.1, 0.15) is 33.1 Å². The molecule has 0 aromatic heterocycles. The third-order valence-electron chi connectivity index (χ3n) is 2.32. The van der Waals surface area contributed by atoms with E-state index in [1.165, 1.54) is 0 Å². The minimum atomic E-state index is -1.31. The largest absolute Gasteiger partial charge is 0.480 e. The maximum atomic E-state index is 11.4. The molecule has 0 spiro atoms. The van der Waals surface area contributed by atoms with Gasteiger partial charge in [-0.1, -0.05) is 0 Å². The molecule has 0 saturated heterocycles. The summed E-state index contributed by atoms with van der Waals surface area (Å²) in [4.78, 5) is 32.9. The Balaban J connectivity index is 3.80. The molecule has 0 aliphatic heterocycles. The highest BCUT2D eigenvalue weighted by Gasteiger charge is 2.21. The van der Waals surface area contributed by atoms with Gasteiger partial charge in [-0.3, -0.25) is 4.79 Å². The van der Waals surface area contributed by atoms with Gasteiger partial charge < -0.3 is 26.2 Å². The van der Waals surface area contributed by atoms with Gasteiger partial charge in [0.25, 0.3) is 0 Å². The number of carbonyl (C=O) groups is 3. The number of aliphatic carboxylic acids is 1. The van der Waals surface area contributed by atoms with E-state index in [0.717, 1.165) is 6.42 Å². The van der Waals surface area contributed by atoms with E-state index in [1.807, 2.05) is 13.8 Å². The number of urea groups is 1. The quantitative estimate of drug-likeness (QED) is 0.414. The highest BCUT2D eigenvalue weighted by Crippen LogP contribution is 1.94. The van der Waals surface area contributed by atoms with Crippen LogP contribution in [0.25, 0.3) is 0 Å². The molecule has 0 rings (SSSR count). The van der Waals surface area contributed by atoms with Crippen LogP contribution >= 0.6 is 0 Å². The van der Waals surface area contributed by atoms with Gasteiger partial charge in [-0.05, 0) is 26.7 Å². The van der Waals surface area contributed by atoms with Gasteiger partial charge >= 0.3 is 12.0 Å². The van der Waals surface area contributed by atoms with Crippen LogP contribution in [0.15, 0.2) is 0 Å². The molecule has 0 saturated carbocycles. The van der Waals surface area contributed by atoms with E-state index in [0.29, 0.717) is 19.6 Å². The fourth-order valence-electron chi connectivity index (χ4n) is 1.36. The molecule has 0 radical (unpaired) electrons. The lowest BCUT2D eigenvalue weighted by Gasteiger charge is -2.13. The minimum Gasteiger partial charge on any atom is -0.480 e. The van der Waals surface area contributed by atoms with Gasteiger partial charge in [0.1, 0.15) is 6.04 Å². The van der Waals surface area contributed by atoms with Crippen LogP contribution < -0.4 is 16.4 Å². The van der Waals surface area contributed by atoms with Gasteiger partial charge in [-0.25, -0.2) is 9.59 Å². The Morgan fingerprint density at radius 3 is 2.40 bits per heavy atom. The van der Waals surface area contributed by atoms with Gasteiger partial charge in [0.2, 0.25) is 5.91 Å². The van der Waals surface area contributed by atoms with Crippen molar-refractivity contribution >= 4 is 17.9 Å². The summed E-state index contributed by atoms with van der Waals surface area (Å²) in [7, 11) is 0. The van der Waals surface area contributed by atoms with Crippen molar-refractivity contribution in [3.63, 3.8) is 0 Å². The smallest absolute Gasteiger partial charge is 0.326 e. The summed E-state index contributed by atoms with van der Waals surface area (Å²) in [6.07, 6.45) is 1.25. The molecule has 116 valence electrons. The summed E-state index contributed by atoms with van der Waals surface area (Å²) >= 11 is 0. The van der Waals surface area contributed by atoms with Crippen molar-refractivity contribution in [3.8, 4) is 0 Å². The number of hydrogen-bond acceptors (Lipinski definition) is 4. The maximum absolute atomic E-state index is 11.4. The zero-order valence-corrected chi connectivity index (χ0v) is 11.8. The molecule has 0 aliphatic carbocycles. The molecule has 0 fully saturated rings. The summed E-state index contributed by atoms with van der Waals surface area (Å²) < 4.78 is 5.33. The normalized spacial score (nSPS) is 11.9. The van der Waals surface area contributed by atoms with Gasteiger partial charge in [0.15, 0.2) is 0 Å². The first kappa shape index (κ1) is 18.2. The Kier molecular flexibility index (Phi) is 9.10.